The van der Waals surface area contributed by atoms with Gasteiger partial charge in [0.2, 0.25) is 0 Å². The highest BCUT2D eigenvalue weighted by molar-refractivity contribution is 6.13. The fourth-order valence-corrected chi connectivity index (χ4v) is 8.75. The first-order valence-electron chi connectivity index (χ1n) is 18.3. The van der Waals surface area contributed by atoms with Crippen molar-refractivity contribution in [3.05, 3.63) is 193 Å². The fourth-order valence-electron chi connectivity index (χ4n) is 8.75. The Hall–Kier alpha value is -7.86. The van der Waals surface area contributed by atoms with Crippen molar-refractivity contribution in [3.63, 3.8) is 0 Å². The largest absolute Gasteiger partial charge is 0.309 e. The zero-order valence-electron chi connectivity index (χ0n) is 29.5. The van der Waals surface area contributed by atoms with Gasteiger partial charge in [0.25, 0.3) is 0 Å². The molecule has 0 atom stereocenters. The van der Waals surface area contributed by atoms with Gasteiger partial charge in [-0.15, -0.1) is 0 Å². The lowest BCUT2D eigenvalue weighted by atomic mass is 9.99. The molecule has 254 valence electrons. The first-order valence-corrected chi connectivity index (χ1v) is 18.3. The number of para-hydroxylation sites is 5. The van der Waals surface area contributed by atoms with Crippen molar-refractivity contribution in [3.8, 4) is 34.3 Å². The highest BCUT2D eigenvalue weighted by Crippen LogP contribution is 2.41. The molecular weight excluding hydrogens is 671 g/mol. The van der Waals surface area contributed by atoms with Gasteiger partial charge in [-0.3, -0.25) is 0 Å². The molecule has 3 heterocycles. The Labute approximate surface area is 316 Å². The summed E-state index contributed by atoms with van der Waals surface area (Å²) in [4.78, 5) is 3.78. The first kappa shape index (κ1) is 30.7. The van der Waals surface area contributed by atoms with E-state index in [2.05, 4.69) is 170 Å². The van der Waals surface area contributed by atoms with E-state index in [9.17, 15) is 5.26 Å². The molecule has 0 N–H and O–H groups in total. The molecule has 0 aliphatic carbocycles. The fraction of sp³-hybridized carbons (Fsp3) is 0. The Morgan fingerprint density at radius 1 is 0.418 bits per heavy atom. The van der Waals surface area contributed by atoms with Crippen LogP contribution < -0.4 is 0 Å². The Balaban J connectivity index is 1.16. The van der Waals surface area contributed by atoms with E-state index in [4.69, 9.17) is 6.57 Å². The van der Waals surface area contributed by atoms with Gasteiger partial charge in [-0.25, -0.2) is 4.85 Å². The summed E-state index contributed by atoms with van der Waals surface area (Å²) in [6.07, 6.45) is 0. The lowest BCUT2D eigenvalue weighted by molar-refractivity contribution is 1.15. The molecule has 0 saturated carbocycles. The van der Waals surface area contributed by atoms with E-state index in [0.717, 1.165) is 72.1 Å². The molecule has 5 heteroatoms. The van der Waals surface area contributed by atoms with Crippen LogP contribution in [0.25, 0.3) is 98.5 Å². The van der Waals surface area contributed by atoms with Crippen LogP contribution in [0.5, 0.6) is 0 Å². The average molecular weight is 700 g/mol. The minimum atomic E-state index is 0.569. The van der Waals surface area contributed by atoms with Crippen LogP contribution in [0, 0.1) is 17.9 Å². The Bertz CT molecular complexity index is 3350. The average Bonchev–Trinajstić information content (AvgIpc) is 3.88. The topological polar surface area (TPSA) is 42.9 Å². The van der Waals surface area contributed by atoms with Crippen LogP contribution in [0.1, 0.15) is 5.56 Å². The third-order valence-electron chi connectivity index (χ3n) is 11.1. The van der Waals surface area contributed by atoms with Crippen molar-refractivity contribution in [2.24, 2.45) is 0 Å². The van der Waals surface area contributed by atoms with Crippen LogP contribution in [0.3, 0.4) is 0 Å². The molecule has 0 unspecified atom stereocenters. The van der Waals surface area contributed by atoms with Crippen LogP contribution in [-0.2, 0) is 0 Å². The lowest BCUT2D eigenvalue weighted by Gasteiger charge is -2.17. The molecule has 0 spiro atoms. The van der Waals surface area contributed by atoms with Crippen molar-refractivity contribution in [1.29, 1.82) is 5.26 Å². The van der Waals surface area contributed by atoms with Crippen LogP contribution in [-0.4, -0.2) is 13.7 Å². The Morgan fingerprint density at radius 2 is 0.927 bits per heavy atom. The standard InChI is InChI=1S/C50H29N5/c1-52-34-23-28-48-43(29-34)42-27-26-36(54-46-19-8-4-14-40(46)41-15-5-9-20-47(41)54)30-49(42)55(48)50-33(31-51)11-10-16-37(50)32-21-24-35(25-22-32)53-44-17-6-2-12-38(44)39-13-3-7-18-45(39)53/h2-30H. The number of hydrogen-bond donors (Lipinski definition) is 0. The van der Waals surface area contributed by atoms with E-state index >= 15 is 0 Å². The zero-order chi connectivity index (χ0) is 36.6. The number of aromatic nitrogens is 3. The summed E-state index contributed by atoms with van der Waals surface area (Å²) in [5, 5.41) is 17.5. The smallest absolute Gasteiger partial charge is 0.188 e. The van der Waals surface area contributed by atoms with Gasteiger partial charge in [0.1, 0.15) is 6.07 Å². The number of fused-ring (bicyclic) bond motifs is 9. The minimum absolute atomic E-state index is 0.569. The SMILES string of the molecule is [C-]#[N+]c1ccc2c(c1)c1ccc(-n3c4ccccc4c4ccccc43)cc1n2-c1c(C#N)cccc1-c1ccc(-n2c3ccccc3c3ccccc32)cc1. The summed E-state index contributed by atoms with van der Waals surface area (Å²) in [7, 11) is 0. The minimum Gasteiger partial charge on any atom is -0.309 e. The van der Waals surface area contributed by atoms with Gasteiger partial charge in [0.05, 0.1) is 50.9 Å². The second-order valence-electron chi connectivity index (χ2n) is 13.9. The molecule has 0 aliphatic heterocycles. The molecule has 11 aromatic rings. The van der Waals surface area contributed by atoms with E-state index in [1.807, 2.05) is 30.3 Å². The molecule has 0 fully saturated rings. The summed E-state index contributed by atoms with van der Waals surface area (Å²) in [5.41, 5.74) is 12.5. The van der Waals surface area contributed by atoms with Crippen molar-refractivity contribution in [2.75, 3.05) is 0 Å². The summed E-state index contributed by atoms with van der Waals surface area (Å²) in [6, 6.07) is 63.7. The van der Waals surface area contributed by atoms with Crippen molar-refractivity contribution in [1.82, 2.24) is 13.7 Å². The van der Waals surface area contributed by atoms with Crippen molar-refractivity contribution in [2.45, 2.75) is 0 Å². The third-order valence-corrected chi connectivity index (χ3v) is 11.1. The molecule has 0 saturated heterocycles. The highest BCUT2D eigenvalue weighted by atomic mass is 15.0. The summed E-state index contributed by atoms with van der Waals surface area (Å²) in [6.45, 7) is 7.82. The van der Waals surface area contributed by atoms with Gasteiger partial charge in [-0.05, 0) is 77.7 Å². The van der Waals surface area contributed by atoms with E-state index in [-0.39, 0.29) is 0 Å². The molecule has 0 aliphatic rings. The van der Waals surface area contributed by atoms with E-state index in [1.165, 1.54) is 21.5 Å². The van der Waals surface area contributed by atoms with Crippen molar-refractivity contribution >= 4 is 71.1 Å². The van der Waals surface area contributed by atoms with Gasteiger partial charge in [0, 0.05) is 43.9 Å². The quantitative estimate of drug-likeness (QED) is 0.169. The Kier molecular flexibility index (Phi) is 6.61. The van der Waals surface area contributed by atoms with Gasteiger partial charge < -0.3 is 13.7 Å². The summed E-state index contributed by atoms with van der Waals surface area (Å²) >= 11 is 0. The zero-order valence-corrected chi connectivity index (χ0v) is 29.5. The number of hydrogen-bond acceptors (Lipinski definition) is 1. The monoisotopic (exact) mass is 699 g/mol. The molecule has 0 bridgehead atoms. The second-order valence-corrected chi connectivity index (χ2v) is 13.9. The van der Waals surface area contributed by atoms with Gasteiger partial charge in [-0.2, -0.15) is 5.26 Å². The molecular formula is C50H29N5. The second kappa shape index (κ2) is 11.8. The number of nitriles is 1. The van der Waals surface area contributed by atoms with Gasteiger partial charge >= 0.3 is 0 Å². The van der Waals surface area contributed by atoms with Crippen LogP contribution in [0.2, 0.25) is 0 Å². The van der Waals surface area contributed by atoms with Gasteiger partial charge in [-0.1, -0.05) is 109 Å². The molecule has 11 rings (SSSR count). The Morgan fingerprint density at radius 3 is 1.49 bits per heavy atom. The van der Waals surface area contributed by atoms with E-state index < -0.39 is 0 Å². The molecule has 3 aromatic heterocycles. The predicted octanol–water partition coefficient (Wildman–Crippen LogP) is 13.1. The summed E-state index contributed by atoms with van der Waals surface area (Å²) in [5.74, 6) is 0. The first-order chi connectivity index (χ1) is 27.2. The molecule has 8 aromatic carbocycles. The molecule has 55 heavy (non-hydrogen) atoms. The number of rotatable bonds is 4. The molecule has 0 amide bonds. The normalized spacial score (nSPS) is 11.6. The van der Waals surface area contributed by atoms with Crippen LogP contribution in [0.15, 0.2) is 176 Å². The van der Waals surface area contributed by atoms with Crippen LogP contribution in [0.4, 0.5) is 5.69 Å². The maximum Gasteiger partial charge on any atom is 0.188 e. The highest BCUT2D eigenvalue weighted by Gasteiger charge is 2.21. The van der Waals surface area contributed by atoms with Crippen LogP contribution >= 0.6 is 0 Å². The molecule has 5 nitrogen and oxygen atoms in total. The lowest BCUT2D eigenvalue weighted by Crippen LogP contribution is -2.02. The number of benzene rings is 8. The summed E-state index contributed by atoms with van der Waals surface area (Å²) < 4.78 is 6.87. The number of nitrogens with zero attached hydrogens (tertiary/aromatic N) is 5. The maximum absolute atomic E-state index is 10.7. The van der Waals surface area contributed by atoms with E-state index in [0.29, 0.717) is 11.3 Å². The molecule has 0 radical (unpaired) electrons. The third kappa shape index (κ3) is 4.45. The van der Waals surface area contributed by atoms with Gasteiger partial charge in [0.15, 0.2) is 5.69 Å². The maximum atomic E-state index is 10.7. The predicted molar refractivity (Wildman–Crippen MR) is 226 cm³/mol. The van der Waals surface area contributed by atoms with Crippen molar-refractivity contribution < 1.29 is 0 Å². The van der Waals surface area contributed by atoms with E-state index in [1.54, 1.807) is 0 Å².